The van der Waals surface area contributed by atoms with E-state index in [-0.39, 0.29) is 25.0 Å². The van der Waals surface area contributed by atoms with E-state index < -0.39 is 12.1 Å². The molecule has 0 aliphatic heterocycles. The normalized spacial score (nSPS) is 12.0. The second kappa shape index (κ2) is 10.3. The molecule has 0 spiro atoms. The Bertz CT molecular complexity index is 1050. The molecule has 0 saturated heterocycles. The number of aliphatic carboxylic acids is 1. The maximum Gasteiger partial charge on any atom is 0.333 e. The Hall–Kier alpha value is -3.10. The number of carboxylic acids is 1. The summed E-state index contributed by atoms with van der Waals surface area (Å²) < 4.78 is 5.47. The molecule has 2 heterocycles. The zero-order chi connectivity index (χ0) is 22.4. The van der Waals surface area contributed by atoms with E-state index in [9.17, 15) is 14.7 Å². The first-order valence-electron chi connectivity index (χ1n) is 9.96. The van der Waals surface area contributed by atoms with Crippen molar-refractivity contribution in [2.75, 3.05) is 0 Å². The lowest BCUT2D eigenvalue weighted by Crippen LogP contribution is -2.29. The number of carboxylic acid groups (broad SMARTS) is 1. The molecule has 1 aromatic carbocycles. The molecule has 0 bridgehead atoms. The third-order valence-corrected chi connectivity index (χ3v) is 5.67. The molecule has 1 atom stereocenters. The topological polar surface area (TPSA) is 101 Å². The van der Waals surface area contributed by atoms with E-state index in [1.807, 2.05) is 37.3 Å². The molecule has 1 amide bonds. The van der Waals surface area contributed by atoms with Crippen LogP contribution in [0.2, 0.25) is 0 Å². The molecule has 0 saturated carbocycles. The van der Waals surface area contributed by atoms with Crippen molar-refractivity contribution in [3.8, 4) is 10.6 Å². The van der Waals surface area contributed by atoms with Crippen LogP contribution in [0.5, 0.6) is 0 Å². The van der Waals surface area contributed by atoms with Crippen molar-refractivity contribution in [1.29, 1.82) is 0 Å². The molecule has 7 nitrogen and oxygen atoms in total. The van der Waals surface area contributed by atoms with Crippen LogP contribution in [-0.2, 0) is 22.5 Å². The van der Waals surface area contributed by atoms with Gasteiger partial charge >= 0.3 is 5.97 Å². The lowest BCUT2D eigenvalue weighted by molar-refractivity contribution is -0.153. The number of amides is 1. The van der Waals surface area contributed by atoms with Crippen molar-refractivity contribution >= 4 is 23.2 Å². The Morgan fingerprint density at radius 3 is 2.61 bits per heavy atom. The van der Waals surface area contributed by atoms with E-state index in [0.717, 1.165) is 16.1 Å². The van der Waals surface area contributed by atoms with Crippen LogP contribution in [0.15, 0.2) is 48.7 Å². The quantitative estimate of drug-likeness (QED) is 0.525. The number of pyridine rings is 1. The number of aromatic nitrogens is 2. The fourth-order valence-corrected chi connectivity index (χ4v) is 4.04. The Kier molecular flexibility index (Phi) is 7.49. The Labute approximate surface area is 185 Å². The van der Waals surface area contributed by atoms with E-state index in [2.05, 4.69) is 15.3 Å². The number of carbonyl (C=O) groups excluding carboxylic acids is 1. The minimum absolute atomic E-state index is 0.190. The largest absolute Gasteiger partial charge is 0.479 e. The molecule has 0 aliphatic carbocycles. The molecule has 3 aromatic rings. The van der Waals surface area contributed by atoms with Crippen molar-refractivity contribution in [3.63, 3.8) is 0 Å². The van der Waals surface area contributed by atoms with E-state index in [0.29, 0.717) is 16.3 Å². The van der Waals surface area contributed by atoms with Crippen LogP contribution in [0, 0.1) is 6.92 Å². The van der Waals surface area contributed by atoms with Gasteiger partial charge in [-0.25, -0.2) is 9.78 Å². The van der Waals surface area contributed by atoms with Crippen LogP contribution in [0.1, 0.15) is 40.5 Å². The van der Waals surface area contributed by atoms with Gasteiger partial charge in [-0.3, -0.25) is 9.78 Å². The highest BCUT2D eigenvalue weighted by Gasteiger charge is 2.20. The Morgan fingerprint density at radius 2 is 1.94 bits per heavy atom. The number of thiazole rings is 1. The molecule has 2 N–H and O–H groups in total. The molecule has 162 valence electrons. The van der Waals surface area contributed by atoms with Gasteiger partial charge in [0.2, 0.25) is 0 Å². The van der Waals surface area contributed by atoms with Crippen molar-refractivity contribution in [2.45, 2.75) is 45.9 Å². The number of ether oxygens (including phenoxy) is 1. The third-order valence-electron chi connectivity index (χ3n) is 4.47. The number of rotatable bonds is 9. The van der Waals surface area contributed by atoms with Crippen molar-refractivity contribution in [2.24, 2.45) is 0 Å². The maximum absolute atomic E-state index is 12.7. The van der Waals surface area contributed by atoms with E-state index in [1.54, 1.807) is 32.2 Å². The third kappa shape index (κ3) is 6.19. The number of carbonyl (C=O) groups is 2. The summed E-state index contributed by atoms with van der Waals surface area (Å²) in [7, 11) is 0. The van der Waals surface area contributed by atoms with Crippen molar-refractivity contribution < 1.29 is 19.4 Å². The van der Waals surface area contributed by atoms with Gasteiger partial charge in [-0.1, -0.05) is 30.3 Å². The lowest BCUT2D eigenvalue weighted by Gasteiger charge is -2.16. The van der Waals surface area contributed by atoms with Crippen LogP contribution in [0.4, 0.5) is 0 Å². The number of benzene rings is 1. The van der Waals surface area contributed by atoms with Gasteiger partial charge in [0.15, 0.2) is 6.10 Å². The van der Waals surface area contributed by atoms with Gasteiger partial charge in [-0.15, -0.1) is 11.3 Å². The van der Waals surface area contributed by atoms with Gasteiger partial charge in [-0.2, -0.15) is 0 Å². The fourth-order valence-electron chi connectivity index (χ4n) is 3.05. The summed E-state index contributed by atoms with van der Waals surface area (Å²) in [5.41, 5.74) is 3.08. The van der Waals surface area contributed by atoms with Crippen LogP contribution in [-0.4, -0.2) is 39.2 Å². The fraction of sp³-hybridized carbons (Fsp3) is 0.304. The highest BCUT2D eigenvalue weighted by molar-refractivity contribution is 7.17. The molecule has 0 radical (unpaired) electrons. The first kappa shape index (κ1) is 22.6. The molecule has 2 aromatic heterocycles. The highest BCUT2D eigenvalue weighted by atomic mass is 32.1. The summed E-state index contributed by atoms with van der Waals surface area (Å²) in [5, 5.41) is 13.0. The minimum Gasteiger partial charge on any atom is -0.479 e. The number of nitrogens with zero attached hydrogens (tertiary/aromatic N) is 2. The van der Waals surface area contributed by atoms with E-state index >= 15 is 0 Å². The Morgan fingerprint density at radius 1 is 1.19 bits per heavy atom. The van der Waals surface area contributed by atoms with Crippen LogP contribution >= 0.6 is 11.3 Å². The maximum atomic E-state index is 12.7. The highest BCUT2D eigenvalue weighted by Crippen LogP contribution is 2.27. The molecule has 3 rings (SSSR count). The second-order valence-corrected chi connectivity index (χ2v) is 8.35. The summed E-state index contributed by atoms with van der Waals surface area (Å²) in [6.45, 7) is 5.65. The minimum atomic E-state index is -1.00. The predicted octanol–water partition coefficient (Wildman–Crippen LogP) is 3.86. The van der Waals surface area contributed by atoms with Crippen molar-refractivity contribution in [3.05, 3.63) is 70.5 Å². The zero-order valence-electron chi connectivity index (χ0n) is 17.7. The van der Waals surface area contributed by atoms with E-state index in [1.165, 1.54) is 11.3 Å². The van der Waals surface area contributed by atoms with Gasteiger partial charge in [0.1, 0.15) is 9.88 Å². The first-order chi connectivity index (χ1) is 14.8. The molecular formula is C23H25N3O4S. The van der Waals surface area contributed by atoms with Gasteiger partial charge in [0.25, 0.3) is 5.91 Å². The molecule has 0 fully saturated rings. The number of hydrogen-bond acceptors (Lipinski definition) is 6. The summed E-state index contributed by atoms with van der Waals surface area (Å²) in [4.78, 5) is 33.5. The monoisotopic (exact) mass is 439 g/mol. The van der Waals surface area contributed by atoms with Gasteiger partial charge in [0, 0.05) is 18.2 Å². The van der Waals surface area contributed by atoms with Gasteiger partial charge in [0.05, 0.1) is 24.0 Å². The van der Waals surface area contributed by atoms with E-state index in [4.69, 9.17) is 4.74 Å². The summed E-state index contributed by atoms with van der Waals surface area (Å²) in [5.74, 6) is -1.22. The van der Waals surface area contributed by atoms with Gasteiger partial charge in [-0.05, 0) is 38.5 Å². The SMILES string of the molecule is Cc1nc(-c2ccccc2)sc1C(=O)NCc1cc(CC(OC(C)C)C(=O)O)ccn1. The molecule has 8 heteroatoms. The average molecular weight is 440 g/mol. The Balaban J connectivity index is 1.65. The number of nitrogens with one attached hydrogen (secondary N) is 1. The van der Waals surface area contributed by atoms with Crippen LogP contribution < -0.4 is 5.32 Å². The first-order valence-corrected chi connectivity index (χ1v) is 10.8. The number of aryl methyl sites for hydroxylation is 1. The van der Waals surface area contributed by atoms with Crippen molar-refractivity contribution in [1.82, 2.24) is 15.3 Å². The molecule has 31 heavy (non-hydrogen) atoms. The zero-order valence-corrected chi connectivity index (χ0v) is 18.5. The summed E-state index contributed by atoms with van der Waals surface area (Å²) in [6, 6.07) is 13.3. The molecule has 0 aliphatic rings. The smallest absolute Gasteiger partial charge is 0.333 e. The lowest BCUT2D eigenvalue weighted by atomic mass is 10.1. The average Bonchev–Trinajstić information content (AvgIpc) is 3.14. The number of hydrogen-bond donors (Lipinski definition) is 2. The van der Waals surface area contributed by atoms with Crippen LogP contribution in [0.3, 0.4) is 0 Å². The molecule has 1 unspecified atom stereocenters. The van der Waals surface area contributed by atoms with Crippen LogP contribution in [0.25, 0.3) is 10.6 Å². The van der Waals surface area contributed by atoms with Gasteiger partial charge < -0.3 is 15.2 Å². The summed E-state index contributed by atoms with van der Waals surface area (Å²) in [6.07, 6.45) is 0.716. The standard InChI is InChI=1S/C23H25N3O4S/c1-14(2)30-19(23(28)29)12-16-9-10-24-18(11-16)13-25-21(27)20-15(3)26-22(31-20)17-7-5-4-6-8-17/h4-11,14,19H,12-13H2,1-3H3,(H,25,27)(H,28,29). The predicted molar refractivity (Wildman–Crippen MR) is 119 cm³/mol. The molecular weight excluding hydrogens is 414 g/mol. The summed E-state index contributed by atoms with van der Waals surface area (Å²) >= 11 is 1.35. The second-order valence-electron chi connectivity index (χ2n) is 7.35.